The number of carbonyl (C=O) groups excluding carboxylic acids is 3. The first-order chi connectivity index (χ1) is 10.8. The minimum Gasteiger partial charge on any atom is -0.432 e. The zero-order valence-electron chi connectivity index (χ0n) is 16.2. The van der Waals surface area contributed by atoms with Crippen molar-refractivity contribution in [3.8, 4) is 0 Å². The molecule has 0 radical (unpaired) electrons. The van der Waals surface area contributed by atoms with E-state index in [9.17, 15) is 14.4 Å². The van der Waals surface area contributed by atoms with E-state index >= 15 is 0 Å². The van der Waals surface area contributed by atoms with E-state index in [1.807, 2.05) is 41.5 Å². The predicted molar refractivity (Wildman–Crippen MR) is 91.9 cm³/mol. The highest BCUT2D eigenvalue weighted by Gasteiger charge is 2.60. The second kappa shape index (κ2) is 6.82. The Morgan fingerprint density at radius 2 is 1.75 bits per heavy atom. The molecular formula is C18H32N2O4. The van der Waals surface area contributed by atoms with Gasteiger partial charge < -0.3 is 10.5 Å². The lowest BCUT2D eigenvalue weighted by molar-refractivity contribution is -0.156. The minimum atomic E-state index is -1.26. The van der Waals surface area contributed by atoms with Gasteiger partial charge >= 0.3 is 5.97 Å². The lowest BCUT2D eigenvalue weighted by Gasteiger charge is -2.38. The molecule has 0 spiro atoms. The lowest BCUT2D eigenvalue weighted by Crippen LogP contribution is -2.62. The van der Waals surface area contributed by atoms with Gasteiger partial charge in [-0.05, 0) is 31.6 Å². The zero-order valence-corrected chi connectivity index (χ0v) is 16.2. The SMILES string of the molecule is CC(C)CC(=O)N1C(C(=O)C(C)(N)C(C)C)OC(=O)C1(C)C(C)C. The molecular weight excluding hydrogens is 308 g/mol. The smallest absolute Gasteiger partial charge is 0.334 e. The fourth-order valence-corrected chi connectivity index (χ4v) is 2.69. The fourth-order valence-electron chi connectivity index (χ4n) is 2.69. The number of hydrogen-bond acceptors (Lipinski definition) is 5. The highest BCUT2D eigenvalue weighted by molar-refractivity contribution is 6.01. The zero-order chi connectivity index (χ0) is 19.0. The molecule has 2 N–H and O–H groups in total. The van der Waals surface area contributed by atoms with Gasteiger partial charge in [0.15, 0.2) is 0 Å². The Labute approximate surface area is 145 Å². The molecule has 3 unspecified atom stereocenters. The van der Waals surface area contributed by atoms with Crippen molar-refractivity contribution in [3.05, 3.63) is 0 Å². The normalized spacial score (nSPS) is 26.9. The molecule has 0 aromatic carbocycles. The predicted octanol–water partition coefficient (Wildman–Crippen LogP) is 2.10. The number of Topliss-reactive ketones (excluding diaryl/α,β-unsaturated/α-hetero) is 1. The van der Waals surface area contributed by atoms with E-state index < -0.39 is 29.1 Å². The molecule has 1 aliphatic heterocycles. The molecule has 1 heterocycles. The molecule has 1 saturated heterocycles. The molecule has 0 aromatic rings. The van der Waals surface area contributed by atoms with E-state index in [1.54, 1.807) is 13.8 Å². The van der Waals surface area contributed by atoms with Crippen LogP contribution in [0.3, 0.4) is 0 Å². The van der Waals surface area contributed by atoms with Crippen molar-refractivity contribution in [2.45, 2.75) is 79.1 Å². The number of rotatable bonds is 6. The number of amides is 1. The van der Waals surface area contributed by atoms with Crippen LogP contribution in [0.15, 0.2) is 0 Å². The first kappa shape index (κ1) is 20.6. The summed E-state index contributed by atoms with van der Waals surface area (Å²) in [5, 5.41) is 0. The van der Waals surface area contributed by atoms with E-state index in [2.05, 4.69) is 0 Å². The molecule has 0 bridgehead atoms. The molecule has 1 fully saturated rings. The van der Waals surface area contributed by atoms with Gasteiger partial charge in [0.2, 0.25) is 17.9 Å². The first-order valence-electron chi connectivity index (χ1n) is 8.64. The number of esters is 1. The summed E-state index contributed by atoms with van der Waals surface area (Å²) in [7, 11) is 0. The Morgan fingerprint density at radius 1 is 1.25 bits per heavy atom. The van der Waals surface area contributed by atoms with Crippen LogP contribution in [0.2, 0.25) is 0 Å². The van der Waals surface area contributed by atoms with Crippen molar-refractivity contribution in [2.24, 2.45) is 23.5 Å². The summed E-state index contributed by atoms with van der Waals surface area (Å²) in [4.78, 5) is 39.7. The van der Waals surface area contributed by atoms with Crippen molar-refractivity contribution in [2.75, 3.05) is 0 Å². The van der Waals surface area contributed by atoms with Gasteiger partial charge in [-0.2, -0.15) is 0 Å². The summed E-state index contributed by atoms with van der Waals surface area (Å²) in [6.07, 6.45) is -1.01. The quantitative estimate of drug-likeness (QED) is 0.748. The third-order valence-corrected chi connectivity index (χ3v) is 5.30. The number of carbonyl (C=O) groups is 3. The van der Waals surface area contributed by atoms with Crippen molar-refractivity contribution in [1.29, 1.82) is 0 Å². The fraction of sp³-hybridized carbons (Fsp3) is 0.833. The van der Waals surface area contributed by atoms with Gasteiger partial charge in [-0.15, -0.1) is 0 Å². The third kappa shape index (κ3) is 3.34. The molecule has 0 saturated carbocycles. The number of ketones is 1. The van der Waals surface area contributed by atoms with E-state index in [-0.39, 0.29) is 30.1 Å². The summed E-state index contributed by atoms with van der Waals surface area (Å²) in [5.74, 6) is -1.49. The number of nitrogens with two attached hydrogens (primary N) is 1. The summed E-state index contributed by atoms with van der Waals surface area (Å²) < 4.78 is 5.39. The van der Waals surface area contributed by atoms with Crippen LogP contribution in [0.4, 0.5) is 0 Å². The van der Waals surface area contributed by atoms with E-state index in [4.69, 9.17) is 10.5 Å². The Balaban J connectivity index is 3.36. The number of nitrogens with zero attached hydrogens (tertiary/aromatic N) is 1. The van der Waals surface area contributed by atoms with E-state index in [1.165, 1.54) is 4.90 Å². The molecule has 1 aliphatic rings. The number of hydrogen-bond donors (Lipinski definition) is 1. The average molecular weight is 340 g/mol. The molecule has 6 nitrogen and oxygen atoms in total. The maximum atomic E-state index is 13.0. The van der Waals surface area contributed by atoms with E-state index in [0.717, 1.165) is 0 Å². The topological polar surface area (TPSA) is 89.7 Å². The standard InChI is InChI=1S/C18H32N2O4/c1-10(2)9-13(21)20-15(14(22)17(7,19)11(3)4)24-16(23)18(20,8)12(5)6/h10-12,15H,9,19H2,1-8H3. The van der Waals surface area contributed by atoms with Gasteiger partial charge in [0.1, 0.15) is 5.54 Å². The minimum absolute atomic E-state index is 0.106. The molecule has 0 aliphatic carbocycles. The highest BCUT2D eigenvalue weighted by Crippen LogP contribution is 2.38. The van der Waals surface area contributed by atoms with Gasteiger partial charge in [0, 0.05) is 6.42 Å². The van der Waals surface area contributed by atoms with Crippen LogP contribution in [-0.2, 0) is 19.1 Å². The summed E-state index contributed by atoms with van der Waals surface area (Å²) in [6, 6.07) is 0. The van der Waals surface area contributed by atoms with Gasteiger partial charge in [0.25, 0.3) is 0 Å². The van der Waals surface area contributed by atoms with Crippen LogP contribution in [0, 0.1) is 17.8 Å². The average Bonchev–Trinajstić information content (AvgIpc) is 2.70. The van der Waals surface area contributed by atoms with Crippen molar-refractivity contribution < 1.29 is 19.1 Å². The van der Waals surface area contributed by atoms with Crippen molar-refractivity contribution in [1.82, 2.24) is 4.90 Å². The van der Waals surface area contributed by atoms with Crippen LogP contribution >= 0.6 is 0 Å². The van der Waals surface area contributed by atoms with Gasteiger partial charge in [-0.25, -0.2) is 4.79 Å². The Morgan fingerprint density at radius 3 is 2.12 bits per heavy atom. The molecule has 24 heavy (non-hydrogen) atoms. The second-order valence-electron chi connectivity index (χ2n) is 8.22. The van der Waals surface area contributed by atoms with Crippen molar-refractivity contribution in [3.63, 3.8) is 0 Å². The monoisotopic (exact) mass is 340 g/mol. The second-order valence-corrected chi connectivity index (χ2v) is 8.22. The van der Waals surface area contributed by atoms with Crippen LogP contribution in [0.25, 0.3) is 0 Å². The van der Waals surface area contributed by atoms with Crippen LogP contribution in [0.1, 0.15) is 61.8 Å². The Kier molecular flexibility index (Phi) is 5.86. The van der Waals surface area contributed by atoms with Gasteiger partial charge in [0.05, 0.1) is 5.54 Å². The molecule has 1 rings (SSSR count). The van der Waals surface area contributed by atoms with Gasteiger partial charge in [-0.3, -0.25) is 14.5 Å². The lowest BCUT2D eigenvalue weighted by atomic mass is 9.82. The van der Waals surface area contributed by atoms with Crippen LogP contribution in [-0.4, -0.2) is 39.9 Å². The van der Waals surface area contributed by atoms with Crippen molar-refractivity contribution >= 4 is 17.7 Å². The molecule has 1 amide bonds. The maximum absolute atomic E-state index is 13.0. The molecule has 6 heteroatoms. The van der Waals surface area contributed by atoms with Gasteiger partial charge in [-0.1, -0.05) is 41.5 Å². The Bertz CT molecular complexity index is 525. The van der Waals surface area contributed by atoms with Crippen LogP contribution in [0.5, 0.6) is 0 Å². The summed E-state index contributed by atoms with van der Waals surface area (Å²) in [5.41, 5.74) is 3.82. The summed E-state index contributed by atoms with van der Waals surface area (Å²) >= 11 is 0. The molecule has 138 valence electrons. The number of cyclic esters (lactones) is 1. The highest BCUT2D eigenvalue weighted by atomic mass is 16.6. The summed E-state index contributed by atoms with van der Waals surface area (Å²) in [6.45, 7) is 14.5. The Hall–Kier alpha value is -1.43. The largest absolute Gasteiger partial charge is 0.432 e. The third-order valence-electron chi connectivity index (χ3n) is 5.30. The molecule has 0 aromatic heterocycles. The maximum Gasteiger partial charge on any atom is 0.334 e. The van der Waals surface area contributed by atoms with E-state index in [0.29, 0.717) is 0 Å². The number of ether oxygens (including phenoxy) is 1. The molecule has 3 atom stereocenters. The first-order valence-corrected chi connectivity index (χ1v) is 8.64. The van der Waals surface area contributed by atoms with Crippen LogP contribution < -0.4 is 5.73 Å².